The number of thioether (sulfide) groups is 1. The number of hydrogen-bond acceptors (Lipinski definition) is 4. The molecule has 1 saturated heterocycles. The number of morpholine rings is 1. The molecule has 1 heterocycles. The van der Waals surface area contributed by atoms with Gasteiger partial charge in [-0.05, 0) is 48.1 Å². The van der Waals surface area contributed by atoms with E-state index in [0.29, 0.717) is 0 Å². The van der Waals surface area contributed by atoms with Crippen molar-refractivity contribution in [3.63, 3.8) is 0 Å². The van der Waals surface area contributed by atoms with Crippen molar-refractivity contribution in [2.45, 2.75) is 17.9 Å². The van der Waals surface area contributed by atoms with Crippen LogP contribution in [0.2, 0.25) is 0 Å². The minimum absolute atomic E-state index is 0. The standard InChI is InChI=1S/C22H29FN4OS.HI/c1-24-22(25-11-4-16-29-20-9-7-19(23)8-10-20)26-17-18-5-2-3-6-21(18)27-12-14-28-15-13-27;/h2-3,5-10H,4,11-17H2,1H3,(H2,24,25,26);1H. The van der Waals surface area contributed by atoms with Crippen LogP contribution in [0.5, 0.6) is 0 Å². The average molecular weight is 544 g/mol. The molecule has 1 fully saturated rings. The Kier molecular flexibility index (Phi) is 11.3. The minimum atomic E-state index is -0.193. The average Bonchev–Trinajstić information content (AvgIpc) is 2.77. The van der Waals surface area contributed by atoms with Crippen molar-refractivity contribution in [1.29, 1.82) is 0 Å². The van der Waals surface area contributed by atoms with E-state index >= 15 is 0 Å². The molecule has 3 rings (SSSR count). The van der Waals surface area contributed by atoms with Crippen LogP contribution in [0.15, 0.2) is 58.4 Å². The lowest BCUT2D eigenvalue weighted by Crippen LogP contribution is -2.39. The van der Waals surface area contributed by atoms with Crippen LogP contribution in [0, 0.1) is 5.82 Å². The molecular weight excluding hydrogens is 514 g/mol. The number of benzene rings is 2. The van der Waals surface area contributed by atoms with Crippen LogP contribution in [0.3, 0.4) is 0 Å². The lowest BCUT2D eigenvalue weighted by molar-refractivity contribution is 0.122. The summed E-state index contributed by atoms with van der Waals surface area (Å²) < 4.78 is 18.4. The molecule has 2 aromatic rings. The van der Waals surface area contributed by atoms with Crippen molar-refractivity contribution >= 4 is 47.4 Å². The van der Waals surface area contributed by atoms with Gasteiger partial charge in [0.15, 0.2) is 5.96 Å². The van der Waals surface area contributed by atoms with Gasteiger partial charge in [-0.3, -0.25) is 4.99 Å². The summed E-state index contributed by atoms with van der Waals surface area (Å²) in [5.74, 6) is 1.57. The second kappa shape index (κ2) is 13.7. The van der Waals surface area contributed by atoms with Crippen molar-refractivity contribution in [3.8, 4) is 0 Å². The highest BCUT2D eigenvalue weighted by atomic mass is 127. The van der Waals surface area contributed by atoms with Gasteiger partial charge in [0.25, 0.3) is 0 Å². The summed E-state index contributed by atoms with van der Waals surface area (Å²) in [6.45, 7) is 4.96. The van der Waals surface area contributed by atoms with Crippen LogP contribution in [0.25, 0.3) is 0 Å². The molecule has 1 aliphatic heterocycles. The zero-order valence-corrected chi connectivity index (χ0v) is 20.4. The number of halogens is 2. The number of nitrogens with zero attached hydrogens (tertiary/aromatic N) is 2. The fraction of sp³-hybridized carbons (Fsp3) is 0.409. The Bertz CT molecular complexity index is 785. The maximum absolute atomic E-state index is 12.9. The molecular formula is C22H30FIN4OS. The first kappa shape index (κ1) is 24.7. The van der Waals surface area contributed by atoms with E-state index < -0.39 is 0 Å². The number of guanidine groups is 1. The highest BCUT2D eigenvalue weighted by Crippen LogP contribution is 2.21. The van der Waals surface area contributed by atoms with Gasteiger partial charge >= 0.3 is 0 Å². The third-order valence-corrected chi connectivity index (χ3v) is 5.81. The normalized spacial score (nSPS) is 14.2. The lowest BCUT2D eigenvalue weighted by atomic mass is 10.1. The Balaban J connectivity index is 0.00000320. The zero-order valence-electron chi connectivity index (χ0n) is 17.3. The van der Waals surface area contributed by atoms with E-state index in [9.17, 15) is 4.39 Å². The minimum Gasteiger partial charge on any atom is -0.378 e. The highest BCUT2D eigenvalue weighted by Gasteiger charge is 2.14. The van der Waals surface area contributed by atoms with Gasteiger partial charge in [-0.1, -0.05) is 18.2 Å². The van der Waals surface area contributed by atoms with E-state index in [1.807, 2.05) is 12.1 Å². The molecule has 8 heteroatoms. The Hall–Kier alpha value is -1.52. The van der Waals surface area contributed by atoms with Gasteiger partial charge < -0.3 is 20.3 Å². The number of hydrogen-bond donors (Lipinski definition) is 2. The van der Waals surface area contributed by atoms with Crippen LogP contribution < -0.4 is 15.5 Å². The van der Waals surface area contributed by atoms with Crippen molar-refractivity contribution in [2.24, 2.45) is 4.99 Å². The van der Waals surface area contributed by atoms with E-state index in [0.717, 1.165) is 62.4 Å². The van der Waals surface area contributed by atoms with Crippen LogP contribution in [-0.2, 0) is 11.3 Å². The van der Waals surface area contributed by atoms with E-state index in [1.165, 1.54) is 23.4 Å². The number of nitrogens with one attached hydrogen (secondary N) is 2. The number of rotatable bonds is 8. The van der Waals surface area contributed by atoms with Gasteiger partial charge in [0.1, 0.15) is 5.82 Å². The summed E-state index contributed by atoms with van der Waals surface area (Å²) in [7, 11) is 1.79. The van der Waals surface area contributed by atoms with E-state index in [2.05, 4.69) is 44.8 Å². The first-order valence-corrected chi connectivity index (χ1v) is 11.0. The fourth-order valence-corrected chi connectivity index (χ4v) is 4.03. The molecule has 30 heavy (non-hydrogen) atoms. The molecule has 0 saturated carbocycles. The fourth-order valence-electron chi connectivity index (χ4n) is 3.17. The topological polar surface area (TPSA) is 48.9 Å². The Morgan fingerprint density at radius 1 is 1.10 bits per heavy atom. The van der Waals surface area contributed by atoms with Gasteiger partial charge in [-0.2, -0.15) is 0 Å². The molecule has 0 unspecified atom stereocenters. The van der Waals surface area contributed by atoms with Gasteiger partial charge in [-0.15, -0.1) is 35.7 Å². The SMILES string of the molecule is CN=C(NCCCSc1ccc(F)cc1)NCc1ccccc1N1CCOCC1.I. The third kappa shape index (κ3) is 7.96. The molecule has 2 aromatic carbocycles. The number of aliphatic imine (C=N–C) groups is 1. The summed E-state index contributed by atoms with van der Waals surface area (Å²) in [6.07, 6.45) is 0.993. The molecule has 0 atom stereocenters. The van der Waals surface area contributed by atoms with E-state index in [-0.39, 0.29) is 29.8 Å². The first-order chi connectivity index (χ1) is 14.3. The Morgan fingerprint density at radius 2 is 1.83 bits per heavy atom. The number of anilines is 1. The van der Waals surface area contributed by atoms with E-state index in [1.54, 1.807) is 18.8 Å². The largest absolute Gasteiger partial charge is 0.378 e. The number of ether oxygens (including phenoxy) is 1. The van der Waals surface area contributed by atoms with Crippen molar-refractivity contribution < 1.29 is 9.13 Å². The summed E-state index contributed by atoms with van der Waals surface area (Å²) in [6, 6.07) is 15.1. The molecule has 0 spiro atoms. The van der Waals surface area contributed by atoms with E-state index in [4.69, 9.17) is 4.74 Å². The van der Waals surface area contributed by atoms with Crippen LogP contribution in [0.4, 0.5) is 10.1 Å². The monoisotopic (exact) mass is 544 g/mol. The highest BCUT2D eigenvalue weighted by molar-refractivity contribution is 14.0. The second-order valence-corrected chi connectivity index (χ2v) is 7.90. The summed E-state index contributed by atoms with van der Waals surface area (Å²) in [5, 5.41) is 6.78. The quantitative estimate of drug-likeness (QED) is 0.172. The van der Waals surface area contributed by atoms with Crippen LogP contribution >= 0.6 is 35.7 Å². The third-order valence-electron chi connectivity index (χ3n) is 4.71. The second-order valence-electron chi connectivity index (χ2n) is 6.74. The number of para-hydroxylation sites is 1. The lowest BCUT2D eigenvalue weighted by Gasteiger charge is -2.30. The zero-order chi connectivity index (χ0) is 20.3. The molecule has 1 aliphatic rings. The maximum Gasteiger partial charge on any atom is 0.191 e. The maximum atomic E-state index is 12.9. The van der Waals surface area contributed by atoms with Crippen LogP contribution in [-0.4, -0.2) is 51.6 Å². The first-order valence-electron chi connectivity index (χ1n) is 10.00. The van der Waals surface area contributed by atoms with Crippen molar-refractivity contribution in [3.05, 3.63) is 59.9 Å². The van der Waals surface area contributed by atoms with Gasteiger partial charge in [0.2, 0.25) is 0 Å². The predicted molar refractivity (Wildman–Crippen MR) is 135 cm³/mol. The summed E-state index contributed by atoms with van der Waals surface area (Å²) in [5.41, 5.74) is 2.51. The van der Waals surface area contributed by atoms with Crippen molar-refractivity contribution in [1.82, 2.24) is 10.6 Å². The Morgan fingerprint density at radius 3 is 2.57 bits per heavy atom. The molecule has 0 aromatic heterocycles. The molecule has 2 N–H and O–H groups in total. The van der Waals surface area contributed by atoms with Gasteiger partial charge in [0.05, 0.1) is 13.2 Å². The smallest absolute Gasteiger partial charge is 0.191 e. The summed E-state index contributed by atoms with van der Waals surface area (Å²) >= 11 is 1.73. The molecule has 0 bridgehead atoms. The van der Waals surface area contributed by atoms with Gasteiger partial charge in [-0.25, -0.2) is 4.39 Å². The van der Waals surface area contributed by atoms with Crippen LogP contribution in [0.1, 0.15) is 12.0 Å². The Labute approximate surface area is 199 Å². The molecule has 0 amide bonds. The predicted octanol–water partition coefficient (Wildman–Crippen LogP) is 4.13. The van der Waals surface area contributed by atoms with Gasteiger partial charge in [0, 0.05) is 43.8 Å². The molecule has 5 nitrogen and oxygen atoms in total. The molecule has 0 aliphatic carbocycles. The molecule has 164 valence electrons. The summed E-state index contributed by atoms with van der Waals surface area (Å²) in [4.78, 5) is 7.79. The van der Waals surface area contributed by atoms with Crippen molar-refractivity contribution in [2.75, 3.05) is 50.5 Å². The molecule has 0 radical (unpaired) electrons.